The molecular weight excluding hydrogens is 388 g/mol. The van der Waals surface area contributed by atoms with Crippen LogP contribution in [-0.4, -0.2) is 23.3 Å². The van der Waals surface area contributed by atoms with Crippen LogP contribution in [0.2, 0.25) is 0 Å². The molecule has 1 heterocycles. The second-order valence-electron chi connectivity index (χ2n) is 6.44. The van der Waals surface area contributed by atoms with E-state index >= 15 is 0 Å². The van der Waals surface area contributed by atoms with E-state index in [1.165, 1.54) is 16.9 Å². The van der Waals surface area contributed by atoms with Crippen molar-refractivity contribution in [1.29, 1.82) is 0 Å². The van der Waals surface area contributed by atoms with Crippen molar-refractivity contribution < 1.29 is 14.3 Å². The Labute approximate surface area is 174 Å². The lowest BCUT2D eigenvalue weighted by Gasteiger charge is -2.14. The Bertz CT molecular complexity index is 943. The van der Waals surface area contributed by atoms with Gasteiger partial charge in [-0.05, 0) is 48.2 Å². The molecule has 1 atom stereocenters. The largest absolute Gasteiger partial charge is 0.497 e. The second kappa shape index (κ2) is 9.88. The third kappa shape index (κ3) is 5.68. The first-order valence-electron chi connectivity index (χ1n) is 9.35. The number of para-hydroxylation sites is 1. The molecule has 2 aromatic carbocycles. The van der Waals surface area contributed by atoms with Crippen molar-refractivity contribution in [2.24, 2.45) is 0 Å². The lowest BCUT2D eigenvalue weighted by atomic mass is 9.98. The van der Waals surface area contributed by atoms with E-state index in [1.807, 2.05) is 18.2 Å². The van der Waals surface area contributed by atoms with Gasteiger partial charge in [-0.15, -0.1) is 10.2 Å². The number of methoxy groups -OCH3 is 1. The SMILES string of the molecule is CC[C@H](C)c1ccccc1OCc1nnc(NC(=O)Nc2ccc(OC)cc2)s1. The molecule has 8 heteroatoms. The average Bonchev–Trinajstić information content (AvgIpc) is 3.19. The number of aromatic nitrogens is 2. The summed E-state index contributed by atoms with van der Waals surface area (Å²) < 4.78 is 11.0. The minimum Gasteiger partial charge on any atom is -0.497 e. The third-order valence-electron chi connectivity index (χ3n) is 4.45. The van der Waals surface area contributed by atoms with Crippen molar-refractivity contribution in [2.45, 2.75) is 32.8 Å². The van der Waals surface area contributed by atoms with Gasteiger partial charge < -0.3 is 14.8 Å². The van der Waals surface area contributed by atoms with Crippen LogP contribution in [0.1, 0.15) is 36.8 Å². The van der Waals surface area contributed by atoms with Crippen LogP contribution in [0.15, 0.2) is 48.5 Å². The molecule has 3 rings (SSSR count). The maximum Gasteiger partial charge on any atom is 0.325 e. The zero-order valence-electron chi connectivity index (χ0n) is 16.6. The number of carbonyl (C=O) groups is 1. The van der Waals surface area contributed by atoms with Crippen LogP contribution in [0.25, 0.3) is 0 Å². The summed E-state index contributed by atoms with van der Waals surface area (Å²) in [7, 11) is 1.59. The number of ether oxygens (including phenoxy) is 2. The Morgan fingerprint density at radius 2 is 1.86 bits per heavy atom. The van der Waals surface area contributed by atoms with Crippen LogP contribution in [0.3, 0.4) is 0 Å². The molecule has 2 amide bonds. The first-order chi connectivity index (χ1) is 14.1. The smallest absolute Gasteiger partial charge is 0.325 e. The Balaban J connectivity index is 1.55. The molecule has 7 nitrogen and oxygen atoms in total. The van der Waals surface area contributed by atoms with Crippen LogP contribution in [0, 0.1) is 0 Å². The predicted octanol–water partition coefficient (Wildman–Crippen LogP) is 5.28. The maximum absolute atomic E-state index is 12.1. The van der Waals surface area contributed by atoms with Crippen LogP contribution in [-0.2, 0) is 6.61 Å². The summed E-state index contributed by atoms with van der Waals surface area (Å²) in [6.45, 7) is 4.63. The van der Waals surface area contributed by atoms with Crippen molar-refractivity contribution in [3.05, 3.63) is 59.1 Å². The van der Waals surface area contributed by atoms with E-state index < -0.39 is 0 Å². The minimum atomic E-state index is -0.388. The molecule has 29 heavy (non-hydrogen) atoms. The van der Waals surface area contributed by atoms with Crippen molar-refractivity contribution in [3.8, 4) is 11.5 Å². The van der Waals surface area contributed by atoms with Gasteiger partial charge in [0.25, 0.3) is 0 Å². The molecule has 0 aliphatic carbocycles. The molecule has 152 valence electrons. The number of amides is 2. The average molecular weight is 413 g/mol. The summed E-state index contributed by atoms with van der Waals surface area (Å²) in [5.74, 6) is 1.99. The van der Waals surface area contributed by atoms with Crippen LogP contribution in [0.4, 0.5) is 15.6 Å². The lowest BCUT2D eigenvalue weighted by Crippen LogP contribution is -2.19. The molecule has 0 radical (unpaired) electrons. The molecule has 0 unspecified atom stereocenters. The summed E-state index contributed by atoms with van der Waals surface area (Å²) >= 11 is 1.28. The monoisotopic (exact) mass is 412 g/mol. The fraction of sp³-hybridized carbons (Fsp3) is 0.286. The molecule has 2 N–H and O–H groups in total. The van der Waals surface area contributed by atoms with Gasteiger partial charge in [0.15, 0.2) is 5.01 Å². The number of hydrogen-bond acceptors (Lipinski definition) is 6. The highest BCUT2D eigenvalue weighted by atomic mass is 32.1. The number of nitrogens with one attached hydrogen (secondary N) is 2. The van der Waals surface area contributed by atoms with Crippen molar-refractivity contribution in [1.82, 2.24) is 10.2 Å². The Morgan fingerprint density at radius 1 is 1.10 bits per heavy atom. The highest BCUT2D eigenvalue weighted by molar-refractivity contribution is 7.15. The zero-order chi connectivity index (χ0) is 20.6. The number of carbonyl (C=O) groups excluding carboxylic acids is 1. The molecule has 0 fully saturated rings. The third-order valence-corrected chi connectivity index (χ3v) is 5.26. The maximum atomic E-state index is 12.1. The van der Waals surface area contributed by atoms with Gasteiger partial charge in [0, 0.05) is 5.69 Å². The van der Waals surface area contributed by atoms with Gasteiger partial charge in [0.2, 0.25) is 5.13 Å². The van der Waals surface area contributed by atoms with Crippen molar-refractivity contribution >= 4 is 28.2 Å². The molecule has 0 spiro atoms. The van der Waals surface area contributed by atoms with Crippen LogP contribution < -0.4 is 20.1 Å². The van der Waals surface area contributed by atoms with Crippen molar-refractivity contribution in [2.75, 3.05) is 17.7 Å². The van der Waals surface area contributed by atoms with Crippen LogP contribution in [0.5, 0.6) is 11.5 Å². The summed E-state index contributed by atoms with van der Waals surface area (Å²) in [4.78, 5) is 12.1. The van der Waals surface area contributed by atoms with Gasteiger partial charge in [-0.25, -0.2) is 4.79 Å². The van der Waals surface area contributed by atoms with Gasteiger partial charge in [-0.2, -0.15) is 0 Å². The molecule has 0 saturated carbocycles. The first-order valence-corrected chi connectivity index (χ1v) is 10.2. The van der Waals surface area contributed by atoms with Crippen molar-refractivity contribution in [3.63, 3.8) is 0 Å². The van der Waals surface area contributed by atoms with E-state index in [1.54, 1.807) is 31.4 Å². The summed E-state index contributed by atoms with van der Waals surface area (Å²) in [6, 6.07) is 14.7. The second-order valence-corrected chi connectivity index (χ2v) is 7.51. The number of urea groups is 1. The fourth-order valence-electron chi connectivity index (χ4n) is 2.67. The van der Waals surface area contributed by atoms with Crippen LogP contribution >= 0.6 is 11.3 Å². The fourth-order valence-corrected chi connectivity index (χ4v) is 3.32. The Hall–Kier alpha value is -3.13. The minimum absolute atomic E-state index is 0.299. The van der Waals surface area contributed by atoms with E-state index in [-0.39, 0.29) is 6.03 Å². The number of anilines is 2. The standard InChI is InChI=1S/C21H24N4O3S/c1-4-14(2)17-7-5-6-8-18(17)28-13-19-24-25-21(29-19)23-20(26)22-15-9-11-16(27-3)12-10-15/h5-12,14H,4,13H2,1-3H3,(H2,22,23,25,26)/t14-/m0/s1. The van der Waals surface area contributed by atoms with E-state index in [0.717, 1.165) is 17.9 Å². The molecule has 3 aromatic rings. The predicted molar refractivity (Wildman–Crippen MR) is 115 cm³/mol. The van der Waals surface area contributed by atoms with E-state index in [2.05, 4.69) is 40.7 Å². The molecule has 1 aromatic heterocycles. The number of rotatable bonds is 8. The van der Waals surface area contributed by atoms with Gasteiger partial charge in [0.05, 0.1) is 7.11 Å². The quantitative estimate of drug-likeness (QED) is 0.525. The molecule has 0 aliphatic rings. The van der Waals surface area contributed by atoms with Gasteiger partial charge in [-0.1, -0.05) is 43.4 Å². The van der Waals surface area contributed by atoms with Gasteiger partial charge >= 0.3 is 6.03 Å². The molecule has 0 saturated heterocycles. The van der Waals surface area contributed by atoms with Gasteiger partial charge in [0.1, 0.15) is 18.1 Å². The Kier molecular flexibility index (Phi) is 7.02. The molecule has 0 bridgehead atoms. The number of hydrogen-bond donors (Lipinski definition) is 2. The number of nitrogens with zero attached hydrogens (tertiary/aromatic N) is 2. The molecular formula is C21H24N4O3S. The van der Waals surface area contributed by atoms with E-state index in [9.17, 15) is 4.79 Å². The summed E-state index contributed by atoms with van der Waals surface area (Å²) in [6.07, 6.45) is 1.04. The normalized spacial score (nSPS) is 11.6. The Morgan fingerprint density at radius 3 is 2.59 bits per heavy atom. The van der Waals surface area contributed by atoms with E-state index in [0.29, 0.717) is 28.4 Å². The number of benzene rings is 2. The van der Waals surface area contributed by atoms with Gasteiger partial charge in [-0.3, -0.25) is 5.32 Å². The highest BCUT2D eigenvalue weighted by Gasteiger charge is 2.12. The highest BCUT2D eigenvalue weighted by Crippen LogP contribution is 2.29. The van der Waals surface area contributed by atoms with E-state index in [4.69, 9.17) is 9.47 Å². The molecule has 0 aliphatic heterocycles. The lowest BCUT2D eigenvalue weighted by molar-refractivity contribution is 0.262. The summed E-state index contributed by atoms with van der Waals surface area (Å²) in [5, 5.41) is 14.6. The first kappa shape index (κ1) is 20.6. The topological polar surface area (TPSA) is 85.4 Å². The zero-order valence-corrected chi connectivity index (χ0v) is 17.5. The summed E-state index contributed by atoms with van der Waals surface area (Å²) in [5.41, 5.74) is 1.83.